The molecular formula is C22H22BrN. The minimum Gasteiger partial charge on any atom is -0.310 e. The van der Waals surface area contributed by atoms with Crippen LogP contribution in [0.2, 0.25) is 0 Å². The SMILES string of the molecule is Cc1cc(C)cc(N(c2ccc(Br)cc2)c2cc(C)cc(C)c2)c1. The maximum absolute atomic E-state index is 3.54. The van der Waals surface area contributed by atoms with E-state index in [4.69, 9.17) is 0 Å². The van der Waals surface area contributed by atoms with Gasteiger partial charge in [-0.25, -0.2) is 0 Å². The van der Waals surface area contributed by atoms with Crippen molar-refractivity contribution < 1.29 is 0 Å². The van der Waals surface area contributed by atoms with E-state index in [1.165, 1.54) is 33.6 Å². The van der Waals surface area contributed by atoms with Gasteiger partial charge in [0.25, 0.3) is 0 Å². The summed E-state index contributed by atoms with van der Waals surface area (Å²) in [5, 5.41) is 0. The van der Waals surface area contributed by atoms with Crippen molar-refractivity contribution in [2.45, 2.75) is 27.7 Å². The number of hydrogen-bond donors (Lipinski definition) is 0. The van der Waals surface area contributed by atoms with E-state index >= 15 is 0 Å². The highest BCUT2D eigenvalue weighted by Gasteiger charge is 2.14. The quantitative estimate of drug-likeness (QED) is 0.466. The highest BCUT2D eigenvalue weighted by molar-refractivity contribution is 9.10. The van der Waals surface area contributed by atoms with E-state index in [1.807, 2.05) is 0 Å². The molecule has 2 heteroatoms. The number of hydrogen-bond acceptors (Lipinski definition) is 1. The van der Waals surface area contributed by atoms with Crippen LogP contribution in [0.3, 0.4) is 0 Å². The molecule has 0 aliphatic heterocycles. The van der Waals surface area contributed by atoms with Crippen LogP contribution in [0.25, 0.3) is 0 Å². The molecule has 0 saturated heterocycles. The van der Waals surface area contributed by atoms with Crippen LogP contribution in [0.4, 0.5) is 17.1 Å². The number of anilines is 3. The Morgan fingerprint density at radius 1 is 0.542 bits per heavy atom. The summed E-state index contributed by atoms with van der Waals surface area (Å²) < 4.78 is 1.09. The third-order valence-corrected chi connectivity index (χ3v) is 4.54. The lowest BCUT2D eigenvalue weighted by Crippen LogP contribution is -2.11. The summed E-state index contributed by atoms with van der Waals surface area (Å²) >= 11 is 3.54. The molecule has 0 aliphatic rings. The fourth-order valence-corrected chi connectivity index (χ4v) is 3.46. The molecule has 0 aliphatic carbocycles. The highest BCUT2D eigenvalue weighted by Crippen LogP contribution is 2.36. The summed E-state index contributed by atoms with van der Waals surface area (Å²) in [5.74, 6) is 0. The van der Waals surface area contributed by atoms with E-state index < -0.39 is 0 Å². The summed E-state index contributed by atoms with van der Waals surface area (Å²) in [6.07, 6.45) is 0. The number of nitrogens with zero attached hydrogens (tertiary/aromatic N) is 1. The topological polar surface area (TPSA) is 3.24 Å². The first kappa shape index (κ1) is 16.8. The lowest BCUT2D eigenvalue weighted by molar-refractivity contribution is 1.23. The molecule has 0 heterocycles. The first-order valence-electron chi connectivity index (χ1n) is 8.15. The Hall–Kier alpha value is -2.06. The molecule has 0 unspecified atom stereocenters. The van der Waals surface area contributed by atoms with Gasteiger partial charge in [0, 0.05) is 21.5 Å². The molecule has 0 bridgehead atoms. The molecule has 0 amide bonds. The largest absolute Gasteiger partial charge is 0.310 e. The van der Waals surface area contributed by atoms with E-state index in [0.717, 1.165) is 10.2 Å². The van der Waals surface area contributed by atoms with Crippen LogP contribution in [0, 0.1) is 27.7 Å². The lowest BCUT2D eigenvalue weighted by Gasteiger charge is -2.27. The zero-order valence-corrected chi connectivity index (χ0v) is 16.2. The third-order valence-electron chi connectivity index (χ3n) is 4.01. The van der Waals surface area contributed by atoms with Crippen molar-refractivity contribution in [1.82, 2.24) is 0 Å². The Bertz CT molecular complexity index is 774. The number of halogens is 1. The number of aryl methyl sites for hydroxylation is 4. The predicted molar refractivity (Wildman–Crippen MR) is 108 cm³/mol. The van der Waals surface area contributed by atoms with Gasteiger partial charge in [-0.1, -0.05) is 28.1 Å². The molecule has 0 fully saturated rings. The minimum atomic E-state index is 1.09. The Morgan fingerprint density at radius 2 is 0.917 bits per heavy atom. The second-order valence-electron chi connectivity index (χ2n) is 6.50. The zero-order valence-electron chi connectivity index (χ0n) is 14.6. The summed E-state index contributed by atoms with van der Waals surface area (Å²) in [5.41, 5.74) is 8.65. The Balaban J connectivity index is 2.21. The van der Waals surface area contributed by atoms with Gasteiger partial charge in [0.05, 0.1) is 0 Å². The summed E-state index contributed by atoms with van der Waals surface area (Å²) in [6, 6.07) is 21.9. The molecule has 0 atom stereocenters. The van der Waals surface area contributed by atoms with Gasteiger partial charge in [-0.2, -0.15) is 0 Å². The van der Waals surface area contributed by atoms with Gasteiger partial charge in [0.2, 0.25) is 0 Å². The second kappa shape index (κ2) is 6.82. The predicted octanol–water partition coefficient (Wildman–Crippen LogP) is 7.15. The lowest BCUT2D eigenvalue weighted by atomic mass is 10.1. The van der Waals surface area contributed by atoms with E-state index in [0.29, 0.717) is 0 Å². The van der Waals surface area contributed by atoms with Gasteiger partial charge >= 0.3 is 0 Å². The van der Waals surface area contributed by atoms with Crippen molar-refractivity contribution >= 4 is 33.0 Å². The van der Waals surface area contributed by atoms with Crippen LogP contribution in [0.15, 0.2) is 65.1 Å². The van der Waals surface area contributed by atoms with Gasteiger partial charge in [0.15, 0.2) is 0 Å². The average Bonchev–Trinajstić information content (AvgIpc) is 2.47. The van der Waals surface area contributed by atoms with Crippen LogP contribution in [-0.4, -0.2) is 0 Å². The number of rotatable bonds is 3. The van der Waals surface area contributed by atoms with Crippen molar-refractivity contribution in [3.05, 3.63) is 87.4 Å². The van der Waals surface area contributed by atoms with E-state index in [9.17, 15) is 0 Å². The third kappa shape index (κ3) is 3.70. The Kier molecular flexibility index (Phi) is 4.77. The number of benzene rings is 3. The average molecular weight is 380 g/mol. The smallest absolute Gasteiger partial charge is 0.0466 e. The molecule has 3 rings (SSSR count). The van der Waals surface area contributed by atoms with Gasteiger partial charge in [0.1, 0.15) is 0 Å². The maximum atomic E-state index is 3.54. The van der Waals surface area contributed by atoms with Gasteiger partial charge < -0.3 is 4.90 Å². The standard InChI is InChI=1S/C22H22BrN/c1-15-9-16(2)12-21(11-15)24(20-7-5-19(23)6-8-20)22-13-17(3)10-18(4)14-22/h5-14H,1-4H3. The van der Waals surface area contributed by atoms with Crippen molar-refractivity contribution in [3.8, 4) is 0 Å². The Labute approximate surface area is 153 Å². The summed E-state index contributed by atoms with van der Waals surface area (Å²) in [7, 11) is 0. The summed E-state index contributed by atoms with van der Waals surface area (Å²) in [6.45, 7) is 8.60. The monoisotopic (exact) mass is 379 g/mol. The van der Waals surface area contributed by atoms with Crippen molar-refractivity contribution in [2.24, 2.45) is 0 Å². The molecule has 24 heavy (non-hydrogen) atoms. The van der Waals surface area contributed by atoms with Crippen LogP contribution < -0.4 is 4.90 Å². The van der Waals surface area contributed by atoms with Crippen LogP contribution in [0.1, 0.15) is 22.3 Å². The maximum Gasteiger partial charge on any atom is 0.0466 e. The second-order valence-corrected chi connectivity index (χ2v) is 7.42. The van der Waals surface area contributed by atoms with Crippen molar-refractivity contribution in [3.63, 3.8) is 0 Å². The van der Waals surface area contributed by atoms with Crippen LogP contribution in [0.5, 0.6) is 0 Å². The molecule has 0 saturated carbocycles. The highest BCUT2D eigenvalue weighted by atomic mass is 79.9. The van der Waals surface area contributed by atoms with Gasteiger partial charge in [-0.15, -0.1) is 0 Å². The van der Waals surface area contributed by atoms with E-state index in [1.54, 1.807) is 0 Å². The molecular weight excluding hydrogens is 358 g/mol. The Morgan fingerprint density at radius 3 is 1.29 bits per heavy atom. The van der Waals surface area contributed by atoms with E-state index in [-0.39, 0.29) is 0 Å². The van der Waals surface area contributed by atoms with Crippen LogP contribution in [-0.2, 0) is 0 Å². The fourth-order valence-electron chi connectivity index (χ4n) is 3.20. The molecule has 0 spiro atoms. The van der Waals surface area contributed by atoms with Gasteiger partial charge in [-0.3, -0.25) is 0 Å². The molecule has 0 aromatic heterocycles. The molecule has 0 N–H and O–H groups in total. The fraction of sp³-hybridized carbons (Fsp3) is 0.182. The molecule has 3 aromatic carbocycles. The van der Waals surface area contributed by atoms with Crippen LogP contribution >= 0.6 is 15.9 Å². The minimum absolute atomic E-state index is 1.09. The molecule has 0 radical (unpaired) electrons. The normalized spacial score (nSPS) is 10.7. The molecule has 122 valence electrons. The summed E-state index contributed by atoms with van der Waals surface area (Å²) in [4.78, 5) is 2.33. The van der Waals surface area contributed by atoms with Crippen molar-refractivity contribution in [1.29, 1.82) is 0 Å². The van der Waals surface area contributed by atoms with Gasteiger partial charge in [-0.05, 0) is 98.5 Å². The van der Waals surface area contributed by atoms with Crippen molar-refractivity contribution in [2.75, 3.05) is 4.90 Å². The first-order chi connectivity index (χ1) is 11.4. The zero-order chi connectivity index (χ0) is 17.3. The van der Waals surface area contributed by atoms with E-state index in [2.05, 4.69) is 109 Å². The first-order valence-corrected chi connectivity index (χ1v) is 8.94. The molecule has 1 nitrogen and oxygen atoms in total. The molecule has 3 aromatic rings.